The van der Waals surface area contributed by atoms with Crippen LogP contribution >= 0.6 is 0 Å². The zero-order valence-corrected chi connectivity index (χ0v) is 25.6. The molecule has 1 aromatic heterocycles. The van der Waals surface area contributed by atoms with Crippen molar-refractivity contribution in [2.45, 2.75) is 76.2 Å². The van der Waals surface area contributed by atoms with Gasteiger partial charge in [0.05, 0.1) is 36.5 Å². The van der Waals surface area contributed by atoms with Crippen molar-refractivity contribution in [3.63, 3.8) is 0 Å². The number of ether oxygens (including phenoxy) is 3. The minimum Gasteiger partial charge on any atom is -0.378 e. The Kier molecular flexibility index (Phi) is 10.4. The van der Waals surface area contributed by atoms with Gasteiger partial charge >= 0.3 is 12.4 Å². The lowest BCUT2D eigenvalue weighted by Gasteiger charge is -2.39. The van der Waals surface area contributed by atoms with E-state index in [0.717, 1.165) is 11.6 Å². The summed E-state index contributed by atoms with van der Waals surface area (Å²) in [6.07, 6.45) is -9.58. The highest BCUT2D eigenvalue weighted by molar-refractivity contribution is 6.76. The molecule has 2 heterocycles. The highest BCUT2D eigenvalue weighted by Gasteiger charge is 2.40. The summed E-state index contributed by atoms with van der Waals surface area (Å²) in [4.78, 5) is 4.44. The quantitative estimate of drug-likeness (QED) is 0.123. The average molecular weight is 630 g/mol. The molecule has 0 unspecified atom stereocenters. The first-order valence-corrected chi connectivity index (χ1v) is 17.8. The minimum atomic E-state index is -4.95. The summed E-state index contributed by atoms with van der Waals surface area (Å²) in [6, 6.07) is 12.0. The lowest BCUT2D eigenvalue weighted by Crippen LogP contribution is -2.41. The predicted octanol–water partition coefficient (Wildman–Crippen LogP) is 7.75. The Hall–Kier alpha value is -2.74. The van der Waals surface area contributed by atoms with E-state index in [1.165, 1.54) is 6.92 Å². The number of hydrogen-bond donors (Lipinski definition) is 0. The Morgan fingerprint density at radius 1 is 0.977 bits per heavy atom. The molecule has 4 atom stereocenters. The van der Waals surface area contributed by atoms with Gasteiger partial charge in [-0.1, -0.05) is 50.0 Å². The Bertz CT molecular complexity index is 1290. The van der Waals surface area contributed by atoms with E-state index in [0.29, 0.717) is 37.6 Å². The van der Waals surface area contributed by atoms with Crippen LogP contribution in [-0.2, 0) is 39.7 Å². The van der Waals surface area contributed by atoms with Gasteiger partial charge in [-0.15, -0.1) is 0 Å². The molecule has 0 amide bonds. The van der Waals surface area contributed by atoms with Crippen LogP contribution in [0, 0.1) is 5.92 Å². The Morgan fingerprint density at radius 3 is 2.23 bits per heavy atom. The topological polar surface area (TPSA) is 58.4 Å². The normalized spacial score (nSPS) is 20.7. The number of benzene rings is 2. The zero-order chi connectivity index (χ0) is 31.4. The van der Waals surface area contributed by atoms with Crippen LogP contribution in [0.25, 0.3) is 0 Å². The molecule has 236 valence electrons. The number of alkyl halides is 6. The van der Waals surface area contributed by atoms with Gasteiger partial charge in [-0.05, 0) is 48.2 Å². The maximum atomic E-state index is 13.5. The third-order valence-electron chi connectivity index (χ3n) is 7.41. The fourth-order valence-electron chi connectivity index (χ4n) is 5.13. The van der Waals surface area contributed by atoms with Gasteiger partial charge in [-0.3, -0.25) is 0 Å². The van der Waals surface area contributed by atoms with E-state index in [1.54, 1.807) is 11.0 Å². The molecule has 0 aliphatic carbocycles. The second kappa shape index (κ2) is 13.5. The number of rotatable bonds is 11. The Balaban J connectivity index is 1.53. The van der Waals surface area contributed by atoms with Crippen molar-refractivity contribution in [1.29, 1.82) is 0 Å². The SMILES string of the molecule is C[C@@H](O[C@H]1COC[C@@H](Cc2ncn(COCC[Si](C)(C)C)n2)[C@@H]1c1ccccc1)c1cc(C(F)(F)F)cc(C(F)(F)F)c1. The molecule has 43 heavy (non-hydrogen) atoms. The zero-order valence-electron chi connectivity index (χ0n) is 24.6. The molecule has 6 nitrogen and oxygen atoms in total. The summed E-state index contributed by atoms with van der Waals surface area (Å²) in [5, 5.41) is 4.55. The van der Waals surface area contributed by atoms with Crippen molar-refractivity contribution < 1.29 is 40.6 Å². The van der Waals surface area contributed by atoms with Crippen LogP contribution in [-0.4, -0.2) is 48.8 Å². The first kappa shape index (κ1) is 33.2. The summed E-state index contributed by atoms with van der Waals surface area (Å²) in [7, 11) is -1.22. The van der Waals surface area contributed by atoms with Crippen molar-refractivity contribution in [2.75, 3.05) is 19.8 Å². The second-order valence-electron chi connectivity index (χ2n) is 12.1. The van der Waals surface area contributed by atoms with Gasteiger partial charge in [0.2, 0.25) is 0 Å². The summed E-state index contributed by atoms with van der Waals surface area (Å²) >= 11 is 0. The predicted molar refractivity (Wildman–Crippen MR) is 151 cm³/mol. The third-order valence-corrected chi connectivity index (χ3v) is 9.12. The van der Waals surface area contributed by atoms with Crippen LogP contribution in [0.15, 0.2) is 54.9 Å². The van der Waals surface area contributed by atoms with Crippen molar-refractivity contribution >= 4 is 8.07 Å². The van der Waals surface area contributed by atoms with Gasteiger partial charge in [0.25, 0.3) is 0 Å². The average Bonchev–Trinajstić information content (AvgIpc) is 3.37. The van der Waals surface area contributed by atoms with E-state index < -0.39 is 43.8 Å². The molecule has 0 spiro atoms. The van der Waals surface area contributed by atoms with Crippen LogP contribution in [0.1, 0.15) is 47.0 Å². The van der Waals surface area contributed by atoms with E-state index in [9.17, 15) is 26.3 Å². The summed E-state index contributed by atoms with van der Waals surface area (Å²) in [5.74, 6) is 0.138. The highest BCUT2D eigenvalue weighted by Crippen LogP contribution is 2.41. The Labute approximate surface area is 248 Å². The van der Waals surface area contributed by atoms with E-state index in [2.05, 4.69) is 29.7 Å². The molecule has 1 aliphatic rings. The highest BCUT2D eigenvalue weighted by atomic mass is 28.3. The molecule has 0 bridgehead atoms. The van der Waals surface area contributed by atoms with Gasteiger partial charge < -0.3 is 14.2 Å². The van der Waals surface area contributed by atoms with E-state index in [1.807, 2.05) is 30.3 Å². The smallest absolute Gasteiger partial charge is 0.378 e. The molecule has 1 fully saturated rings. The first-order valence-electron chi connectivity index (χ1n) is 14.1. The molecule has 2 aromatic carbocycles. The summed E-state index contributed by atoms with van der Waals surface area (Å²) in [6.45, 7) is 9.68. The van der Waals surface area contributed by atoms with Crippen LogP contribution < -0.4 is 0 Å². The molecule has 3 aromatic rings. The molecular weight excluding hydrogens is 592 g/mol. The molecule has 0 radical (unpaired) electrons. The largest absolute Gasteiger partial charge is 0.416 e. The van der Waals surface area contributed by atoms with E-state index in [-0.39, 0.29) is 36.8 Å². The van der Waals surface area contributed by atoms with Gasteiger partial charge in [-0.2, -0.15) is 31.4 Å². The van der Waals surface area contributed by atoms with E-state index >= 15 is 0 Å². The molecule has 0 N–H and O–H groups in total. The van der Waals surface area contributed by atoms with Crippen molar-refractivity contribution in [1.82, 2.24) is 14.8 Å². The number of nitrogens with zero attached hydrogens (tertiary/aromatic N) is 3. The number of aromatic nitrogens is 3. The fourth-order valence-corrected chi connectivity index (χ4v) is 5.89. The molecular formula is C30H37F6N3O3Si. The minimum absolute atomic E-state index is 0.117. The molecule has 13 heteroatoms. The van der Waals surface area contributed by atoms with Crippen molar-refractivity contribution in [2.24, 2.45) is 5.92 Å². The van der Waals surface area contributed by atoms with Crippen molar-refractivity contribution in [3.05, 3.63) is 82.9 Å². The fraction of sp³-hybridized carbons (Fsp3) is 0.533. The van der Waals surface area contributed by atoms with Gasteiger partial charge in [0.1, 0.15) is 13.1 Å². The van der Waals surface area contributed by atoms with Crippen molar-refractivity contribution in [3.8, 4) is 0 Å². The van der Waals surface area contributed by atoms with Crippen LogP contribution in [0.4, 0.5) is 26.3 Å². The van der Waals surface area contributed by atoms with Crippen LogP contribution in [0.2, 0.25) is 25.7 Å². The molecule has 0 saturated carbocycles. The standard InChI is InChI=1S/C30H37F6N3O3Si/c1-20(22-12-24(29(31,32)33)15-25(13-22)30(34,35)36)42-26-17-41-16-23(28(26)21-8-6-5-7-9-21)14-27-37-18-39(38-27)19-40-10-11-43(2,3)4/h5-9,12-13,15,18,20,23,26,28H,10-11,14,16-17,19H2,1-4H3/t20-,23-,26+,28+/m1/s1. The number of halogens is 6. The van der Waals surface area contributed by atoms with Gasteiger partial charge in [0.15, 0.2) is 5.82 Å². The van der Waals surface area contributed by atoms with Crippen LogP contribution in [0.3, 0.4) is 0 Å². The number of hydrogen-bond acceptors (Lipinski definition) is 5. The monoisotopic (exact) mass is 629 g/mol. The molecule has 1 saturated heterocycles. The maximum absolute atomic E-state index is 13.5. The van der Waals surface area contributed by atoms with Gasteiger partial charge in [-0.25, -0.2) is 9.67 Å². The van der Waals surface area contributed by atoms with Gasteiger partial charge in [0, 0.05) is 27.0 Å². The lowest BCUT2D eigenvalue weighted by molar-refractivity contribution is -0.143. The Morgan fingerprint density at radius 2 is 1.63 bits per heavy atom. The summed E-state index contributed by atoms with van der Waals surface area (Å²) in [5.41, 5.74) is -2.06. The van der Waals surface area contributed by atoms with Crippen LogP contribution in [0.5, 0.6) is 0 Å². The summed E-state index contributed by atoms with van der Waals surface area (Å²) < 4.78 is 100. The molecule has 4 rings (SSSR count). The third kappa shape index (κ3) is 9.37. The first-order chi connectivity index (χ1) is 20.1. The molecule has 1 aliphatic heterocycles. The second-order valence-corrected chi connectivity index (χ2v) is 17.8. The van der Waals surface area contributed by atoms with E-state index in [4.69, 9.17) is 14.2 Å². The maximum Gasteiger partial charge on any atom is 0.416 e. The lowest BCUT2D eigenvalue weighted by atomic mass is 9.79.